The summed E-state index contributed by atoms with van der Waals surface area (Å²) in [4.78, 5) is 9.90. The van der Waals surface area contributed by atoms with Crippen molar-refractivity contribution in [3.63, 3.8) is 0 Å². The number of carbonyl (C=O) groups excluding carboxylic acids is 1. The molecule has 9 heteroatoms. The van der Waals surface area contributed by atoms with Gasteiger partial charge in [-0.3, -0.25) is 0 Å². The van der Waals surface area contributed by atoms with Crippen molar-refractivity contribution in [2.75, 3.05) is 6.61 Å². The molecule has 0 bridgehead atoms. The number of aliphatic hydroxyl groups is 5. The Morgan fingerprint density at radius 1 is 1.00 bits per heavy atom. The molecule has 8 nitrogen and oxygen atoms in total. The number of aliphatic hydroxyl groups excluding tert-OH is 5. The van der Waals surface area contributed by atoms with Crippen LogP contribution in [0.25, 0.3) is 0 Å². The molecule has 0 radical (unpaired) electrons. The maximum Gasteiger partial charge on any atom is 2.00 e. The maximum absolute atomic E-state index is 9.90. The molecule has 0 aromatic carbocycles. The van der Waals surface area contributed by atoms with Crippen LogP contribution in [-0.4, -0.2) is 73.8 Å². The van der Waals surface area contributed by atoms with Crippen molar-refractivity contribution in [1.82, 2.24) is 0 Å². The van der Waals surface area contributed by atoms with E-state index in [4.69, 9.17) is 25.5 Å². The van der Waals surface area contributed by atoms with Gasteiger partial charge in [0.2, 0.25) is 0 Å². The first-order valence-electron chi connectivity index (χ1n) is 3.33. The molecule has 0 saturated heterocycles. The van der Waals surface area contributed by atoms with Gasteiger partial charge in [0.25, 0.3) is 0 Å². The van der Waals surface area contributed by atoms with Crippen molar-refractivity contribution in [1.29, 1.82) is 0 Å². The summed E-state index contributed by atoms with van der Waals surface area (Å²) in [6, 6.07) is 0. The minimum Gasteiger partial charge on any atom is -0.870 e. The van der Waals surface area contributed by atoms with Crippen molar-refractivity contribution in [3.05, 3.63) is 0 Å². The number of aldehydes is 1. The largest absolute Gasteiger partial charge is 2.00 e. The molecule has 0 saturated carbocycles. The van der Waals surface area contributed by atoms with Crippen LogP contribution in [0.4, 0.5) is 0 Å². The van der Waals surface area contributed by atoms with E-state index >= 15 is 0 Å². The summed E-state index contributed by atoms with van der Waals surface area (Å²) in [7, 11) is 0. The van der Waals surface area contributed by atoms with Crippen LogP contribution < -0.4 is 0 Å². The van der Waals surface area contributed by atoms with Crippen molar-refractivity contribution in [2.45, 2.75) is 24.4 Å². The van der Waals surface area contributed by atoms with Crippen LogP contribution in [0.15, 0.2) is 0 Å². The molecule has 0 fully saturated rings. The SMILES string of the molecule is O=CC(O)C(O)C(O)C(O)CO.[Ni+2].[OH-].[OH-]. The van der Waals surface area contributed by atoms with Gasteiger partial charge in [0.15, 0.2) is 6.29 Å². The van der Waals surface area contributed by atoms with Crippen molar-refractivity contribution in [3.8, 4) is 0 Å². The molecule has 96 valence electrons. The van der Waals surface area contributed by atoms with Gasteiger partial charge in [-0.2, -0.15) is 0 Å². The van der Waals surface area contributed by atoms with E-state index in [9.17, 15) is 4.79 Å². The minimum absolute atomic E-state index is 0. The van der Waals surface area contributed by atoms with Crippen molar-refractivity contribution < 1.29 is 57.8 Å². The predicted molar refractivity (Wildman–Crippen MR) is 41.0 cm³/mol. The Kier molecular flexibility index (Phi) is 19.3. The van der Waals surface area contributed by atoms with Gasteiger partial charge in [0.1, 0.15) is 24.4 Å². The molecular weight excluding hydrogens is 259 g/mol. The Labute approximate surface area is 95.7 Å². The van der Waals surface area contributed by atoms with Crippen molar-refractivity contribution in [2.24, 2.45) is 0 Å². The Balaban J connectivity index is -0.000000202. The Morgan fingerprint density at radius 2 is 1.40 bits per heavy atom. The molecule has 0 aliphatic rings. The first-order valence-corrected chi connectivity index (χ1v) is 3.33. The van der Waals surface area contributed by atoms with Crippen LogP contribution in [0, 0.1) is 0 Å². The third kappa shape index (κ3) is 7.77. The van der Waals surface area contributed by atoms with Crippen LogP contribution in [0.3, 0.4) is 0 Å². The Hall–Kier alpha value is -0.116. The average Bonchev–Trinajstić information content (AvgIpc) is 2.12. The molecule has 0 rings (SSSR count). The van der Waals surface area contributed by atoms with Gasteiger partial charge in [-0.15, -0.1) is 0 Å². The molecule has 0 aliphatic carbocycles. The van der Waals surface area contributed by atoms with E-state index in [1.165, 1.54) is 0 Å². The first kappa shape index (κ1) is 24.2. The minimum atomic E-state index is -1.79. The molecule has 0 aromatic rings. The van der Waals surface area contributed by atoms with E-state index in [-0.39, 0.29) is 33.7 Å². The van der Waals surface area contributed by atoms with Gasteiger partial charge < -0.3 is 41.3 Å². The number of carbonyl (C=O) groups is 1. The summed E-state index contributed by atoms with van der Waals surface area (Å²) in [5.41, 5.74) is 0. The summed E-state index contributed by atoms with van der Waals surface area (Å²) >= 11 is 0. The summed E-state index contributed by atoms with van der Waals surface area (Å²) in [6.45, 7) is -0.760. The molecule has 7 N–H and O–H groups in total. The van der Waals surface area contributed by atoms with E-state index in [1.54, 1.807) is 0 Å². The summed E-state index contributed by atoms with van der Waals surface area (Å²) in [5.74, 6) is 0. The van der Waals surface area contributed by atoms with Crippen LogP contribution in [0.2, 0.25) is 0 Å². The molecule has 4 unspecified atom stereocenters. The molecule has 15 heavy (non-hydrogen) atoms. The van der Waals surface area contributed by atoms with Gasteiger partial charge in [0, 0.05) is 0 Å². The predicted octanol–water partition coefficient (Wildman–Crippen LogP) is -3.73. The van der Waals surface area contributed by atoms with Gasteiger partial charge in [-0.25, -0.2) is 0 Å². The quantitative estimate of drug-likeness (QED) is 0.250. The van der Waals surface area contributed by atoms with E-state index in [1.807, 2.05) is 0 Å². The second kappa shape index (κ2) is 12.0. The van der Waals surface area contributed by atoms with Gasteiger partial charge >= 0.3 is 16.5 Å². The topological polar surface area (TPSA) is 178 Å². The normalized spacial score (nSPS) is 16.9. The van der Waals surface area contributed by atoms with E-state index in [0.717, 1.165) is 0 Å². The second-order valence-electron chi connectivity index (χ2n) is 2.36. The van der Waals surface area contributed by atoms with Crippen LogP contribution in [0.1, 0.15) is 0 Å². The molecule has 0 aliphatic heterocycles. The molecular formula is C6H14NiO8. The maximum atomic E-state index is 9.90. The average molecular weight is 273 g/mol. The Morgan fingerprint density at radius 3 is 1.67 bits per heavy atom. The molecule has 4 atom stereocenters. The van der Waals surface area contributed by atoms with Crippen molar-refractivity contribution >= 4 is 6.29 Å². The number of hydrogen-bond donors (Lipinski definition) is 5. The monoisotopic (exact) mass is 272 g/mol. The standard InChI is InChI=1S/C6H12O6.Ni.2H2O/c7-1-3(9)5(11)6(12)4(10)2-8;;;/h1,3-6,8-12H,2H2;;2*1H2/q;+2;;/p-2. The van der Waals surface area contributed by atoms with Crippen LogP contribution in [-0.2, 0) is 21.3 Å². The van der Waals surface area contributed by atoms with Crippen LogP contribution >= 0.6 is 0 Å². The summed E-state index contributed by atoms with van der Waals surface area (Å²) < 4.78 is 0. The Bertz CT molecular complexity index is 145. The van der Waals surface area contributed by atoms with Gasteiger partial charge in [0.05, 0.1) is 6.61 Å². The summed E-state index contributed by atoms with van der Waals surface area (Å²) in [6.07, 6.45) is -6.84. The van der Waals surface area contributed by atoms with Gasteiger partial charge in [-0.1, -0.05) is 0 Å². The summed E-state index contributed by atoms with van der Waals surface area (Å²) in [5, 5.41) is 43.5. The van der Waals surface area contributed by atoms with Gasteiger partial charge in [-0.05, 0) is 0 Å². The van der Waals surface area contributed by atoms with E-state index in [2.05, 4.69) is 0 Å². The third-order valence-electron chi connectivity index (χ3n) is 1.42. The fourth-order valence-electron chi connectivity index (χ4n) is 0.618. The molecule has 0 amide bonds. The molecule has 0 spiro atoms. The molecule has 0 aromatic heterocycles. The second-order valence-corrected chi connectivity index (χ2v) is 2.36. The fourth-order valence-corrected chi connectivity index (χ4v) is 0.618. The van der Waals surface area contributed by atoms with E-state index in [0.29, 0.717) is 0 Å². The zero-order valence-corrected chi connectivity index (χ0v) is 8.44. The smallest absolute Gasteiger partial charge is 0.870 e. The van der Waals surface area contributed by atoms with Crippen LogP contribution in [0.5, 0.6) is 0 Å². The zero-order valence-electron chi connectivity index (χ0n) is 7.45. The molecule has 0 heterocycles. The number of hydrogen-bond acceptors (Lipinski definition) is 8. The third-order valence-corrected chi connectivity index (χ3v) is 1.42. The fraction of sp³-hybridized carbons (Fsp3) is 0.833. The zero-order chi connectivity index (χ0) is 9.72. The van der Waals surface area contributed by atoms with E-state index < -0.39 is 31.0 Å². The first-order chi connectivity index (χ1) is 5.54. The number of rotatable bonds is 5.